The molecular formula is C9H7N3O3. The van der Waals surface area contributed by atoms with Gasteiger partial charge in [0.05, 0.1) is 16.0 Å². The molecule has 1 N–H and O–H groups in total. The first-order valence-corrected chi connectivity index (χ1v) is 4.23. The lowest BCUT2D eigenvalue weighted by Gasteiger charge is -1.98. The zero-order valence-electron chi connectivity index (χ0n) is 7.85. The van der Waals surface area contributed by atoms with Gasteiger partial charge in [0, 0.05) is 12.1 Å². The molecule has 1 aromatic carbocycles. The first-order chi connectivity index (χ1) is 7.08. The topological polar surface area (TPSA) is 88.9 Å². The van der Waals surface area contributed by atoms with Gasteiger partial charge in [-0.25, -0.2) is 4.98 Å². The maximum absolute atomic E-state index is 11.2. The Morgan fingerprint density at radius 3 is 2.87 bits per heavy atom. The zero-order valence-corrected chi connectivity index (χ0v) is 7.85. The Balaban J connectivity index is 2.77. The van der Waals surface area contributed by atoms with E-state index in [2.05, 4.69) is 9.97 Å². The fourth-order valence-electron chi connectivity index (χ4n) is 1.28. The highest BCUT2D eigenvalue weighted by Crippen LogP contribution is 2.16. The smallest absolute Gasteiger partial charge is 0.271 e. The molecule has 1 aromatic heterocycles. The summed E-state index contributed by atoms with van der Waals surface area (Å²) in [6, 6.07) is 4.16. The molecule has 0 unspecified atom stereocenters. The monoisotopic (exact) mass is 205 g/mol. The second-order valence-electron chi connectivity index (χ2n) is 3.11. The summed E-state index contributed by atoms with van der Waals surface area (Å²) in [6.45, 7) is 1.58. The normalized spacial score (nSPS) is 10.5. The number of hydrogen-bond acceptors (Lipinski definition) is 4. The van der Waals surface area contributed by atoms with Crippen molar-refractivity contribution in [3.8, 4) is 0 Å². The molecule has 0 radical (unpaired) electrons. The van der Waals surface area contributed by atoms with Crippen LogP contribution in [0.3, 0.4) is 0 Å². The highest BCUT2D eigenvalue weighted by molar-refractivity contribution is 5.76. The van der Waals surface area contributed by atoms with E-state index in [9.17, 15) is 14.9 Å². The van der Waals surface area contributed by atoms with Crippen LogP contribution in [0.4, 0.5) is 5.69 Å². The van der Waals surface area contributed by atoms with Crippen molar-refractivity contribution in [1.29, 1.82) is 0 Å². The third-order valence-corrected chi connectivity index (χ3v) is 2.06. The molecule has 76 valence electrons. The van der Waals surface area contributed by atoms with Crippen LogP contribution in [0.15, 0.2) is 23.0 Å². The standard InChI is InChI=1S/C9H7N3O3/c1-5-9(13)11-8-4-6(12(14)15)2-3-7(8)10-5/h2-4H,1H3,(H,11,13). The second kappa shape index (κ2) is 3.16. The molecule has 15 heavy (non-hydrogen) atoms. The number of H-pyrrole nitrogens is 1. The van der Waals surface area contributed by atoms with Gasteiger partial charge in [-0.2, -0.15) is 0 Å². The van der Waals surface area contributed by atoms with Crippen molar-refractivity contribution >= 4 is 16.7 Å². The largest absolute Gasteiger partial charge is 0.319 e. The molecule has 6 nitrogen and oxygen atoms in total. The van der Waals surface area contributed by atoms with Gasteiger partial charge < -0.3 is 4.98 Å². The first-order valence-electron chi connectivity index (χ1n) is 4.23. The Morgan fingerprint density at radius 2 is 2.20 bits per heavy atom. The number of aromatic nitrogens is 2. The minimum atomic E-state index is -0.516. The molecule has 0 aliphatic carbocycles. The average molecular weight is 205 g/mol. The lowest BCUT2D eigenvalue weighted by atomic mass is 10.2. The Labute approximate surface area is 83.7 Å². The molecule has 0 fully saturated rings. The van der Waals surface area contributed by atoms with E-state index in [1.807, 2.05) is 0 Å². The predicted molar refractivity (Wildman–Crippen MR) is 53.8 cm³/mol. The van der Waals surface area contributed by atoms with Gasteiger partial charge in [0.15, 0.2) is 0 Å². The zero-order chi connectivity index (χ0) is 11.0. The maximum Gasteiger partial charge on any atom is 0.271 e. The van der Waals surface area contributed by atoms with Crippen molar-refractivity contribution in [1.82, 2.24) is 9.97 Å². The summed E-state index contributed by atoms with van der Waals surface area (Å²) in [4.78, 5) is 27.7. The summed E-state index contributed by atoms with van der Waals surface area (Å²) >= 11 is 0. The van der Waals surface area contributed by atoms with E-state index in [0.29, 0.717) is 16.7 Å². The molecule has 0 spiro atoms. The molecular weight excluding hydrogens is 198 g/mol. The highest BCUT2D eigenvalue weighted by Gasteiger charge is 2.07. The highest BCUT2D eigenvalue weighted by atomic mass is 16.6. The molecule has 1 heterocycles. The van der Waals surface area contributed by atoms with Gasteiger partial charge >= 0.3 is 0 Å². The molecule has 0 atom stereocenters. The molecule has 6 heteroatoms. The van der Waals surface area contributed by atoms with Crippen LogP contribution in [0.25, 0.3) is 11.0 Å². The van der Waals surface area contributed by atoms with Gasteiger partial charge in [-0.05, 0) is 13.0 Å². The number of aryl methyl sites for hydroxylation is 1. The van der Waals surface area contributed by atoms with Crippen molar-refractivity contribution < 1.29 is 4.92 Å². The summed E-state index contributed by atoms with van der Waals surface area (Å²) in [7, 11) is 0. The lowest BCUT2D eigenvalue weighted by molar-refractivity contribution is -0.384. The van der Waals surface area contributed by atoms with Crippen LogP contribution in [-0.4, -0.2) is 14.9 Å². The molecule has 0 saturated heterocycles. The number of benzene rings is 1. The Kier molecular flexibility index (Phi) is 1.96. The van der Waals surface area contributed by atoms with E-state index in [1.54, 1.807) is 6.92 Å². The number of nitro groups is 1. The van der Waals surface area contributed by atoms with Gasteiger partial charge in [0.25, 0.3) is 11.2 Å². The minimum Gasteiger partial charge on any atom is -0.319 e. The van der Waals surface area contributed by atoms with Gasteiger partial charge in [0.2, 0.25) is 0 Å². The number of nitro benzene ring substituents is 1. The Morgan fingerprint density at radius 1 is 1.47 bits per heavy atom. The molecule has 0 aliphatic heterocycles. The average Bonchev–Trinajstić information content (AvgIpc) is 2.19. The van der Waals surface area contributed by atoms with Crippen molar-refractivity contribution in [2.45, 2.75) is 6.92 Å². The van der Waals surface area contributed by atoms with E-state index >= 15 is 0 Å². The fraction of sp³-hybridized carbons (Fsp3) is 0.111. The summed E-state index contributed by atoms with van der Waals surface area (Å²) in [5.41, 5.74) is 0.862. The minimum absolute atomic E-state index is 0.0659. The van der Waals surface area contributed by atoms with Crippen LogP contribution in [-0.2, 0) is 0 Å². The second-order valence-corrected chi connectivity index (χ2v) is 3.11. The van der Waals surface area contributed by atoms with Gasteiger partial charge in [-0.3, -0.25) is 14.9 Å². The summed E-state index contributed by atoms with van der Waals surface area (Å²) in [5, 5.41) is 10.5. The fourth-order valence-corrected chi connectivity index (χ4v) is 1.28. The van der Waals surface area contributed by atoms with E-state index in [-0.39, 0.29) is 11.2 Å². The number of non-ortho nitro benzene ring substituents is 1. The van der Waals surface area contributed by atoms with E-state index in [1.165, 1.54) is 18.2 Å². The van der Waals surface area contributed by atoms with Crippen LogP contribution in [0.1, 0.15) is 5.69 Å². The van der Waals surface area contributed by atoms with Crippen LogP contribution in [0, 0.1) is 17.0 Å². The summed E-state index contributed by atoms with van der Waals surface area (Å²) in [5.74, 6) is 0. The van der Waals surface area contributed by atoms with Crippen LogP contribution >= 0.6 is 0 Å². The third-order valence-electron chi connectivity index (χ3n) is 2.06. The van der Waals surface area contributed by atoms with Crippen molar-refractivity contribution in [3.05, 3.63) is 44.4 Å². The third kappa shape index (κ3) is 1.56. The van der Waals surface area contributed by atoms with Gasteiger partial charge in [0.1, 0.15) is 5.69 Å². The van der Waals surface area contributed by atoms with Crippen molar-refractivity contribution in [2.75, 3.05) is 0 Å². The number of nitrogens with one attached hydrogen (secondary N) is 1. The van der Waals surface area contributed by atoms with E-state index < -0.39 is 4.92 Å². The number of nitrogens with zero attached hydrogens (tertiary/aromatic N) is 2. The molecule has 0 saturated carbocycles. The molecule has 2 rings (SSSR count). The first kappa shape index (κ1) is 9.32. The summed E-state index contributed by atoms with van der Waals surface area (Å²) in [6.07, 6.45) is 0. The predicted octanol–water partition coefficient (Wildman–Crippen LogP) is 1.14. The van der Waals surface area contributed by atoms with Gasteiger partial charge in [-0.1, -0.05) is 0 Å². The van der Waals surface area contributed by atoms with Crippen LogP contribution < -0.4 is 5.56 Å². The van der Waals surface area contributed by atoms with E-state index in [0.717, 1.165) is 0 Å². The van der Waals surface area contributed by atoms with Crippen LogP contribution in [0.2, 0.25) is 0 Å². The number of rotatable bonds is 1. The molecule has 0 amide bonds. The van der Waals surface area contributed by atoms with E-state index in [4.69, 9.17) is 0 Å². The molecule has 0 bridgehead atoms. The summed E-state index contributed by atoms with van der Waals surface area (Å²) < 4.78 is 0. The SMILES string of the molecule is Cc1nc2ccc([N+](=O)[O-])cc2[nH]c1=O. The maximum atomic E-state index is 11.2. The number of aromatic amines is 1. The number of hydrogen-bond donors (Lipinski definition) is 1. The Hall–Kier alpha value is -2.24. The number of fused-ring (bicyclic) bond motifs is 1. The molecule has 2 aromatic rings. The Bertz CT molecular complexity index is 603. The quantitative estimate of drug-likeness (QED) is 0.558. The van der Waals surface area contributed by atoms with Gasteiger partial charge in [-0.15, -0.1) is 0 Å². The molecule has 0 aliphatic rings. The van der Waals surface area contributed by atoms with Crippen molar-refractivity contribution in [3.63, 3.8) is 0 Å². The van der Waals surface area contributed by atoms with Crippen molar-refractivity contribution in [2.24, 2.45) is 0 Å². The van der Waals surface area contributed by atoms with Crippen LogP contribution in [0.5, 0.6) is 0 Å². The lowest BCUT2D eigenvalue weighted by Crippen LogP contribution is -2.11.